The van der Waals surface area contributed by atoms with Gasteiger partial charge in [-0.3, -0.25) is 4.79 Å². The molecule has 1 atom stereocenters. The first-order chi connectivity index (χ1) is 9.72. The van der Waals surface area contributed by atoms with Crippen molar-refractivity contribution in [2.45, 2.75) is 26.2 Å². The summed E-state index contributed by atoms with van der Waals surface area (Å²) in [6.07, 6.45) is 2.71. The first-order valence-electron chi connectivity index (χ1n) is 7.63. The fourth-order valence-corrected chi connectivity index (χ4v) is 2.85. The first kappa shape index (κ1) is 15.1. The topological polar surface area (TPSA) is 61.9 Å². The Hall–Kier alpha value is -1.30. The van der Waals surface area contributed by atoms with Crippen LogP contribution in [0.5, 0.6) is 0 Å². The van der Waals surface area contributed by atoms with E-state index in [4.69, 9.17) is 4.74 Å². The molecule has 0 aromatic carbocycles. The van der Waals surface area contributed by atoms with E-state index in [1.54, 1.807) is 11.8 Å². The SMILES string of the molecule is CCOC(=O)N1CCN(C(=O)C2CCCNCC2)CC1. The van der Waals surface area contributed by atoms with Crippen LogP contribution in [-0.2, 0) is 9.53 Å². The third-order valence-electron chi connectivity index (χ3n) is 4.04. The van der Waals surface area contributed by atoms with Crippen LogP contribution in [0.15, 0.2) is 0 Å². The largest absolute Gasteiger partial charge is 0.450 e. The number of hydrogen-bond acceptors (Lipinski definition) is 4. The number of piperazine rings is 1. The monoisotopic (exact) mass is 283 g/mol. The lowest BCUT2D eigenvalue weighted by Crippen LogP contribution is -2.52. The molecule has 2 aliphatic rings. The highest BCUT2D eigenvalue weighted by Crippen LogP contribution is 2.18. The van der Waals surface area contributed by atoms with Crippen LogP contribution in [0, 0.1) is 5.92 Å². The van der Waals surface area contributed by atoms with Gasteiger partial charge in [-0.2, -0.15) is 0 Å². The van der Waals surface area contributed by atoms with Crippen LogP contribution < -0.4 is 5.32 Å². The van der Waals surface area contributed by atoms with Gasteiger partial charge in [-0.1, -0.05) is 0 Å². The molecule has 1 unspecified atom stereocenters. The summed E-state index contributed by atoms with van der Waals surface area (Å²) in [5, 5.41) is 3.33. The fourth-order valence-electron chi connectivity index (χ4n) is 2.85. The maximum Gasteiger partial charge on any atom is 0.409 e. The van der Waals surface area contributed by atoms with Gasteiger partial charge in [-0.05, 0) is 39.3 Å². The normalized spacial score (nSPS) is 24.1. The molecule has 1 N–H and O–H groups in total. The Kier molecular flexibility index (Phi) is 5.64. The second-order valence-electron chi connectivity index (χ2n) is 5.39. The van der Waals surface area contributed by atoms with Crippen molar-refractivity contribution in [2.24, 2.45) is 5.92 Å². The van der Waals surface area contributed by atoms with Gasteiger partial charge in [0.05, 0.1) is 6.61 Å². The van der Waals surface area contributed by atoms with E-state index >= 15 is 0 Å². The molecule has 0 spiro atoms. The minimum atomic E-state index is -0.265. The molecule has 0 aromatic rings. The van der Waals surface area contributed by atoms with Gasteiger partial charge < -0.3 is 19.9 Å². The zero-order valence-corrected chi connectivity index (χ0v) is 12.3. The summed E-state index contributed by atoms with van der Waals surface area (Å²) >= 11 is 0. The molecule has 20 heavy (non-hydrogen) atoms. The third kappa shape index (κ3) is 3.85. The van der Waals surface area contributed by atoms with Gasteiger partial charge in [0, 0.05) is 32.1 Å². The van der Waals surface area contributed by atoms with Crippen molar-refractivity contribution < 1.29 is 14.3 Å². The molecule has 0 saturated carbocycles. The van der Waals surface area contributed by atoms with Gasteiger partial charge in [0.1, 0.15) is 0 Å². The van der Waals surface area contributed by atoms with Gasteiger partial charge >= 0.3 is 6.09 Å². The first-order valence-corrected chi connectivity index (χ1v) is 7.63. The van der Waals surface area contributed by atoms with E-state index in [0.717, 1.165) is 32.4 Å². The molecule has 2 aliphatic heterocycles. The van der Waals surface area contributed by atoms with Crippen molar-refractivity contribution in [1.29, 1.82) is 0 Å². The molecule has 6 nitrogen and oxygen atoms in total. The average Bonchev–Trinajstić information content (AvgIpc) is 2.76. The van der Waals surface area contributed by atoms with Gasteiger partial charge in [0.25, 0.3) is 0 Å². The van der Waals surface area contributed by atoms with Crippen molar-refractivity contribution in [3.63, 3.8) is 0 Å². The van der Waals surface area contributed by atoms with E-state index in [1.165, 1.54) is 0 Å². The number of rotatable bonds is 2. The third-order valence-corrected chi connectivity index (χ3v) is 4.04. The van der Waals surface area contributed by atoms with Crippen molar-refractivity contribution in [3.05, 3.63) is 0 Å². The van der Waals surface area contributed by atoms with Crippen LogP contribution in [-0.4, -0.2) is 67.7 Å². The van der Waals surface area contributed by atoms with Gasteiger partial charge in [-0.25, -0.2) is 4.79 Å². The predicted octanol–water partition coefficient (Wildman–Crippen LogP) is 0.677. The minimum absolute atomic E-state index is 0.152. The molecule has 114 valence electrons. The highest BCUT2D eigenvalue weighted by atomic mass is 16.6. The van der Waals surface area contributed by atoms with E-state index in [2.05, 4.69) is 5.32 Å². The zero-order chi connectivity index (χ0) is 14.4. The molecular formula is C14H25N3O3. The second kappa shape index (κ2) is 7.47. The summed E-state index contributed by atoms with van der Waals surface area (Å²) in [7, 11) is 0. The fraction of sp³-hybridized carbons (Fsp3) is 0.857. The molecular weight excluding hydrogens is 258 g/mol. The lowest BCUT2D eigenvalue weighted by Gasteiger charge is -2.35. The predicted molar refractivity (Wildman–Crippen MR) is 75.4 cm³/mol. The van der Waals surface area contributed by atoms with E-state index in [0.29, 0.717) is 32.8 Å². The van der Waals surface area contributed by atoms with Crippen LogP contribution >= 0.6 is 0 Å². The van der Waals surface area contributed by atoms with Gasteiger partial charge in [0.2, 0.25) is 5.91 Å². The van der Waals surface area contributed by atoms with Crippen LogP contribution in [0.3, 0.4) is 0 Å². The maximum atomic E-state index is 12.5. The lowest BCUT2D eigenvalue weighted by atomic mass is 9.98. The molecule has 6 heteroatoms. The summed E-state index contributed by atoms with van der Waals surface area (Å²) in [6, 6.07) is 0. The molecule has 2 heterocycles. The Bertz CT molecular complexity index is 333. The van der Waals surface area contributed by atoms with E-state index in [9.17, 15) is 9.59 Å². The summed E-state index contributed by atoms with van der Waals surface area (Å²) in [5.41, 5.74) is 0. The standard InChI is InChI=1S/C14H25N3O3/c1-2-20-14(19)17-10-8-16(9-11-17)13(18)12-4-3-6-15-7-5-12/h12,15H,2-11H2,1H3. The number of carbonyl (C=O) groups is 2. The summed E-state index contributed by atoms with van der Waals surface area (Å²) in [4.78, 5) is 27.7. The van der Waals surface area contributed by atoms with Crippen LogP contribution in [0.25, 0.3) is 0 Å². The molecule has 0 aromatic heterocycles. The van der Waals surface area contributed by atoms with Crippen molar-refractivity contribution in [3.8, 4) is 0 Å². The molecule has 0 aliphatic carbocycles. The van der Waals surface area contributed by atoms with Gasteiger partial charge in [0.15, 0.2) is 0 Å². The Labute approximate surface area is 120 Å². The van der Waals surface area contributed by atoms with Crippen molar-refractivity contribution in [1.82, 2.24) is 15.1 Å². The molecule has 2 rings (SSSR count). The molecule has 2 saturated heterocycles. The van der Waals surface area contributed by atoms with Crippen LogP contribution in [0.2, 0.25) is 0 Å². The van der Waals surface area contributed by atoms with Crippen molar-refractivity contribution >= 4 is 12.0 Å². The number of ether oxygens (including phenoxy) is 1. The lowest BCUT2D eigenvalue weighted by molar-refractivity contribution is -0.137. The van der Waals surface area contributed by atoms with Crippen LogP contribution in [0.4, 0.5) is 4.79 Å². The Balaban J connectivity index is 1.80. The second-order valence-corrected chi connectivity index (χ2v) is 5.39. The Morgan fingerprint density at radius 2 is 1.80 bits per heavy atom. The average molecular weight is 283 g/mol. The Morgan fingerprint density at radius 1 is 1.10 bits per heavy atom. The minimum Gasteiger partial charge on any atom is -0.450 e. The highest BCUT2D eigenvalue weighted by Gasteiger charge is 2.29. The summed E-state index contributed by atoms with van der Waals surface area (Å²) < 4.78 is 4.99. The molecule has 0 bridgehead atoms. The van der Waals surface area contributed by atoms with Crippen LogP contribution in [0.1, 0.15) is 26.2 Å². The summed E-state index contributed by atoms with van der Waals surface area (Å²) in [6.45, 7) is 6.55. The molecule has 0 radical (unpaired) electrons. The Morgan fingerprint density at radius 3 is 2.50 bits per heavy atom. The zero-order valence-electron chi connectivity index (χ0n) is 12.3. The number of hydrogen-bond donors (Lipinski definition) is 1. The number of nitrogens with one attached hydrogen (secondary N) is 1. The maximum absolute atomic E-state index is 12.5. The quantitative estimate of drug-likeness (QED) is 0.809. The van der Waals surface area contributed by atoms with Gasteiger partial charge in [-0.15, -0.1) is 0 Å². The molecule has 2 fully saturated rings. The van der Waals surface area contributed by atoms with E-state index in [1.807, 2.05) is 4.90 Å². The van der Waals surface area contributed by atoms with Crippen molar-refractivity contribution in [2.75, 3.05) is 45.9 Å². The smallest absolute Gasteiger partial charge is 0.409 e. The number of amides is 2. The number of carbonyl (C=O) groups excluding carboxylic acids is 2. The highest BCUT2D eigenvalue weighted by molar-refractivity contribution is 5.79. The van der Waals surface area contributed by atoms with E-state index < -0.39 is 0 Å². The van der Waals surface area contributed by atoms with E-state index in [-0.39, 0.29) is 17.9 Å². The number of nitrogens with zero attached hydrogens (tertiary/aromatic N) is 2. The summed E-state index contributed by atoms with van der Waals surface area (Å²) in [5.74, 6) is 0.413. The molecule has 2 amide bonds.